The minimum absolute atomic E-state index is 0.0185. The summed E-state index contributed by atoms with van der Waals surface area (Å²) in [5.74, 6) is 1.48. The molecular weight excluding hydrogens is 524 g/mol. The molecule has 1 fully saturated rings. The third-order valence-corrected chi connectivity index (χ3v) is 7.67. The van der Waals surface area contributed by atoms with Gasteiger partial charge in [0.2, 0.25) is 0 Å². The van der Waals surface area contributed by atoms with Gasteiger partial charge in [0.25, 0.3) is 0 Å². The molecule has 0 saturated carbocycles. The summed E-state index contributed by atoms with van der Waals surface area (Å²) in [5.41, 5.74) is 4.51. The Morgan fingerprint density at radius 2 is 1.57 bits per heavy atom. The van der Waals surface area contributed by atoms with E-state index in [1.54, 1.807) is 7.11 Å². The Bertz CT molecular complexity index is 1240. The van der Waals surface area contributed by atoms with Crippen LogP contribution in [0.2, 0.25) is 0 Å². The fourth-order valence-electron chi connectivity index (χ4n) is 5.26. The van der Waals surface area contributed by atoms with Crippen LogP contribution in [0.1, 0.15) is 50.7 Å². The molecule has 0 amide bonds. The van der Waals surface area contributed by atoms with E-state index in [1.807, 2.05) is 60.7 Å². The highest BCUT2D eigenvalue weighted by Crippen LogP contribution is 2.30. The summed E-state index contributed by atoms with van der Waals surface area (Å²) in [6, 6.07) is 28.5. The number of ether oxygens (including phenoxy) is 5. The van der Waals surface area contributed by atoms with Gasteiger partial charge >= 0.3 is 0 Å². The molecule has 1 aliphatic heterocycles. The quantitative estimate of drug-likeness (QED) is 0.182. The molecule has 1 saturated heterocycles. The minimum atomic E-state index is -0.340. The van der Waals surface area contributed by atoms with Crippen molar-refractivity contribution in [1.82, 2.24) is 0 Å². The van der Waals surface area contributed by atoms with E-state index in [0.29, 0.717) is 26.4 Å². The zero-order valence-corrected chi connectivity index (χ0v) is 25.6. The molecule has 0 bridgehead atoms. The lowest BCUT2D eigenvalue weighted by Gasteiger charge is -2.33. The summed E-state index contributed by atoms with van der Waals surface area (Å²) in [6.07, 6.45) is 6.25. The normalized spacial score (nSPS) is 21.6. The second-order valence-electron chi connectivity index (χ2n) is 11.4. The van der Waals surface area contributed by atoms with Crippen LogP contribution in [0, 0.1) is 17.8 Å². The zero-order valence-electron chi connectivity index (χ0n) is 25.6. The largest absolute Gasteiger partial charge is 0.497 e. The molecule has 4 rings (SSSR count). The topological polar surface area (TPSA) is 46.2 Å². The lowest BCUT2D eigenvalue weighted by molar-refractivity contribution is -0.225. The third-order valence-electron chi connectivity index (χ3n) is 7.67. The van der Waals surface area contributed by atoms with Gasteiger partial charge in [0.05, 0.1) is 45.7 Å². The Morgan fingerprint density at radius 3 is 2.26 bits per heavy atom. The fraction of sp³-hybridized carbons (Fsp3) is 0.405. The molecule has 0 aliphatic carbocycles. The molecule has 6 atom stereocenters. The number of hydrogen-bond acceptors (Lipinski definition) is 5. The molecule has 224 valence electrons. The van der Waals surface area contributed by atoms with Gasteiger partial charge in [-0.1, -0.05) is 117 Å². The maximum atomic E-state index is 6.57. The average molecular weight is 571 g/mol. The molecule has 3 aromatic carbocycles. The van der Waals surface area contributed by atoms with E-state index in [0.717, 1.165) is 16.9 Å². The van der Waals surface area contributed by atoms with E-state index in [9.17, 15) is 0 Å². The standard InChI is InChI=1S/C37H46O5/c1-27(16-21-35-29(3)24-41-37(42-35)33-14-10-7-11-15-33)22-28(2)36(40-26-32-17-19-34(38-5)20-18-32)30(4)23-39-25-31-12-8-6-9-13-31/h6-22,28-30,35-37H,23-26H2,1-5H3/b21-16+,27-22+/t28-,29-,30-,35+,36-,37-/m1/s1. The second-order valence-corrected chi connectivity index (χ2v) is 11.4. The van der Waals surface area contributed by atoms with Crippen molar-refractivity contribution < 1.29 is 23.7 Å². The van der Waals surface area contributed by atoms with E-state index < -0.39 is 0 Å². The number of hydrogen-bond donors (Lipinski definition) is 0. The van der Waals surface area contributed by atoms with Crippen molar-refractivity contribution >= 4 is 0 Å². The van der Waals surface area contributed by atoms with Crippen LogP contribution in [-0.4, -0.2) is 32.5 Å². The number of benzene rings is 3. The molecule has 0 aromatic heterocycles. The van der Waals surface area contributed by atoms with Crippen LogP contribution in [-0.2, 0) is 32.2 Å². The zero-order chi connectivity index (χ0) is 29.7. The van der Waals surface area contributed by atoms with Crippen LogP contribution in [0.5, 0.6) is 5.75 Å². The van der Waals surface area contributed by atoms with Crippen LogP contribution in [0.15, 0.2) is 109 Å². The molecule has 5 nitrogen and oxygen atoms in total. The summed E-state index contributed by atoms with van der Waals surface area (Å²) in [5, 5.41) is 0. The molecule has 0 spiro atoms. The van der Waals surface area contributed by atoms with Gasteiger partial charge < -0.3 is 23.7 Å². The van der Waals surface area contributed by atoms with Gasteiger partial charge in [-0.2, -0.15) is 0 Å². The highest BCUT2D eigenvalue weighted by Gasteiger charge is 2.28. The van der Waals surface area contributed by atoms with Gasteiger partial charge in [-0.15, -0.1) is 0 Å². The highest BCUT2D eigenvalue weighted by molar-refractivity contribution is 5.27. The Kier molecular flexibility index (Phi) is 12.4. The lowest BCUT2D eigenvalue weighted by atomic mass is 9.91. The summed E-state index contributed by atoms with van der Waals surface area (Å²) < 4.78 is 30.3. The molecule has 1 heterocycles. The Labute approximate surface area is 252 Å². The summed E-state index contributed by atoms with van der Waals surface area (Å²) in [7, 11) is 1.68. The molecule has 5 heteroatoms. The van der Waals surface area contributed by atoms with Gasteiger partial charge in [-0.25, -0.2) is 0 Å². The van der Waals surface area contributed by atoms with Crippen molar-refractivity contribution in [1.29, 1.82) is 0 Å². The van der Waals surface area contributed by atoms with Crippen molar-refractivity contribution in [2.75, 3.05) is 20.3 Å². The van der Waals surface area contributed by atoms with Crippen LogP contribution >= 0.6 is 0 Å². The maximum Gasteiger partial charge on any atom is 0.184 e. The minimum Gasteiger partial charge on any atom is -0.497 e. The van der Waals surface area contributed by atoms with Gasteiger partial charge in [-0.05, 0) is 30.2 Å². The van der Waals surface area contributed by atoms with E-state index in [4.69, 9.17) is 23.7 Å². The molecule has 0 N–H and O–H groups in total. The summed E-state index contributed by atoms with van der Waals surface area (Å²) >= 11 is 0. The first-order valence-corrected chi connectivity index (χ1v) is 15.0. The molecular formula is C37H46O5. The Hall–Kier alpha value is -3.22. The van der Waals surface area contributed by atoms with Crippen LogP contribution < -0.4 is 4.74 Å². The molecule has 42 heavy (non-hydrogen) atoms. The first-order chi connectivity index (χ1) is 20.4. The van der Waals surface area contributed by atoms with Crippen molar-refractivity contribution in [2.24, 2.45) is 17.8 Å². The van der Waals surface area contributed by atoms with Crippen molar-refractivity contribution in [3.8, 4) is 5.75 Å². The smallest absolute Gasteiger partial charge is 0.184 e. The van der Waals surface area contributed by atoms with Crippen LogP contribution in [0.4, 0.5) is 0 Å². The van der Waals surface area contributed by atoms with Crippen molar-refractivity contribution in [2.45, 2.75) is 59.4 Å². The molecule has 1 aliphatic rings. The Balaban J connectivity index is 1.40. The van der Waals surface area contributed by atoms with E-state index in [-0.39, 0.29) is 36.3 Å². The number of allylic oxidation sites excluding steroid dienone is 2. The van der Waals surface area contributed by atoms with Gasteiger partial charge in [0, 0.05) is 23.3 Å². The lowest BCUT2D eigenvalue weighted by Crippen LogP contribution is -2.33. The predicted octanol–water partition coefficient (Wildman–Crippen LogP) is 8.32. The molecule has 0 unspecified atom stereocenters. The van der Waals surface area contributed by atoms with Gasteiger partial charge in [0.15, 0.2) is 6.29 Å². The van der Waals surface area contributed by atoms with E-state index in [1.165, 1.54) is 11.1 Å². The van der Waals surface area contributed by atoms with Crippen molar-refractivity contribution in [3.63, 3.8) is 0 Å². The SMILES string of the molecule is COc1ccc(CO[C@H]([C@H](C)/C=C(C)/C=C/[C@@H]2O[C@H](c3ccccc3)OC[C@H]2C)[C@H](C)COCc2ccccc2)cc1. The van der Waals surface area contributed by atoms with Gasteiger partial charge in [-0.3, -0.25) is 0 Å². The molecule has 0 radical (unpaired) electrons. The predicted molar refractivity (Wildman–Crippen MR) is 168 cm³/mol. The van der Waals surface area contributed by atoms with Crippen LogP contribution in [0.3, 0.4) is 0 Å². The summed E-state index contributed by atoms with van der Waals surface area (Å²) in [6.45, 7) is 11.1. The monoisotopic (exact) mass is 570 g/mol. The second kappa shape index (κ2) is 16.4. The first-order valence-electron chi connectivity index (χ1n) is 15.0. The van der Waals surface area contributed by atoms with Crippen molar-refractivity contribution in [3.05, 3.63) is 125 Å². The van der Waals surface area contributed by atoms with E-state index in [2.05, 4.69) is 70.2 Å². The van der Waals surface area contributed by atoms with Crippen LogP contribution in [0.25, 0.3) is 0 Å². The molecule has 3 aromatic rings. The average Bonchev–Trinajstić information content (AvgIpc) is 3.02. The first kappa shape index (κ1) is 31.7. The number of rotatable bonds is 14. The number of methoxy groups -OCH3 is 1. The fourth-order valence-corrected chi connectivity index (χ4v) is 5.26. The third kappa shape index (κ3) is 9.67. The van der Waals surface area contributed by atoms with Gasteiger partial charge in [0.1, 0.15) is 5.75 Å². The highest BCUT2D eigenvalue weighted by atomic mass is 16.7. The Morgan fingerprint density at radius 1 is 0.905 bits per heavy atom. The maximum absolute atomic E-state index is 6.57. The van der Waals surface area contributed by atoms with E-state index >= 15 is 0 Å². The summed E-state index contributed by atoms with van der Waals surface area (Å²) in [4.78, 5) is 0.